The SMILES string of the molecule is Cc1cc(Cl)ccc1NC(=O)C[C@H](C)S(=O)(=O)c1ccc2c(c1)NC(=O)CCS2. The van der Waals surface area contributed by atoms with Crippen LogP contribution < -0.4 is 10.6 Å². The lowest BCUT2D eigenvalue weighted by atomic mass is 10.2. The summed E-state index contributed by atoms with van der Waals surface area (Å²) in [5.74, 6) is 0.104. The van der Waals surface area contributed by atoms with Crippen molar-refractivity contribution >= 4 is 56.4 Å². The molecule has 0 saturated carbocycles. The van der Waals surface area contributed by atoms with Crippen molar-refractivity contribution in [2.45, 2.75) is 41.7 Å². The fraction of sp³-hybridized carbons (Fsp3) is 0.300. The van der Waals surface area contributed by atoms with E-state index in [1.165, 1.54) is 30.8 Å². The van der Waals surface area contributed by atoms with Crippen molar-refractivity contribution < 1.29 is 18.0 Å². The fourth-order valence-corrected chi connectivity index (χ4v) is 5.49. The summed E-state index contributed by atoms with van der Waals surface area (Å²) in [6.45, 7) is 3.31. The first-order valence-corrected chi connectivity index (χ1v) is 11.9. The van der Waals surface area contributed by atoms with Gasteiger partial charge in [0.1, 0.15) is 0 Å². The van der Waals surface area contributed by atoms with E-state index in [4.69, 9.17) is 11.6 Å². The number of thioether (sulfide) groups is 1. The van der Waals surface area contributed by atoms with Crippen molar-refractivity contribution in [3.05, 3.63) is 47.0 Å². The van der Waals surface area contributed by atoms with Gasteiger partial charge in [0, 0.05) is 34.2 Å². The molecule has 6 nitrogen and oxygen atoms in total. The van der Waals surface area contributed by atoms with Crippen LogP contribution in [0, 0.1) is 6.92 Å². The van der Waals surface area contributed by atoms with E-state index < -0.39 is 21.0 Å². The number of sulfone groups is 1. The van der Waals surface area contributed by atoms with Crippen LogP contribution in [0.3, 0.4) is 0 Å². The first-order chi connectivity index (χ1) is 13.7. The predicted molar refractivity (Wildman–Crippen MR) is 116 cm³/mol. The number of aryl methyl sites for hydroxylation is 1. The number of fused-ring (bicyclic) bond motifs is 1. The lowest BCUT2D eigenvalue weighted by Gasteiger charge is -2.15. The van der Waals surface area contributed by atoms with Crippen LogP contribution in [0.2, 0.25) is 5.02 Å². The summed E-state index contributed by atoms with van der Waals surface area (Å²) < 4.78 is 25.9. The van der Waals surface area contributed by atoms with Crippen LogP contribution >= 0.6 is 23.4 Å². The molecule has 1 aliphatic rings. The molecule has 2 aromatic carbocycles. The van der Waals surface area contributed by atoms with Gasteiger partial charge in [-0.1, -0.05) is 11.6 Å². The number of rotatable bonds is 5. The number of hydrogen-bond donors (Lipinski definition) is 2. The van der Waals surface area contributed by atoms with Gasteiger partial charge >= 0.3 is 0 Å². The molecule has 1 aliphatic heterocycles. The standard InChI is InChI=1S/C20H21ClN2O4S2/c1-12-9-14(21)3-5-16(12)22-20(25)10-13(2)29(26,27)15-4-6-18-17(11-15)23-19(24)7-8-28-18/h3-6,9,11,13H,7-8,10H2,1-2H3,(H,22,25)(H,23,24)/t13-/m0/s1. The normalized spacial score (nSPS) is 15.1. The summed E-state index contributed by atoms with van der Waals surface area (Å²) >= 11 is 7.42. The summed E-state index contributed by atoms with van der Waals surface area (Å²) in [7, 11) is -3.75. The van der Waals surface area contributed by atoms with E-state index in [1.54, 1.807) is 24.3 Å². The van der Waals surface area contributed by atoms with Gasteiger partial charge in [0.25, 0.3) is 0 Å². The molecule has 0 saturated heterocycles. The second-order valence-electron chi connectivity index (χ2n) is 6.87. The van der Waals surface area contributed by atoms with Crippen LogP contribution in [-0.4, -0.2) is 31.2 Å². The quantitative estimate of drug-likeness (QED) is 0.706. The fourth-order valence-electron chi connectivity index (χ4n) is 2.95. The Hall–Kier alpha value is -2.03. The topological polar surface area (TPSA) is 92.3 Å². The van der Waals surface area contributed by atoms with Gasteiger partial charge in [-0.3, -0.25) is 9.59 Å². The maximum Gasteiger partial charge on any atom is 0.225 e. The Labute approximate surface area is 179 Å². The zero-order valence-corrected chi connectivity index (χ0v) is 18.4. The van der Waals surface area contributed by atoms with Crippen LogP contribution in [0.5, 0.6) is 0 Å². The number of amides is 2. The van der Waals surface area contributed by atoms with Gasteiger partial charge in [0.2, 0.25) is 11.8 Å². The molecule has 0 bridgehead atoms. The Balaban J connectivity index is 1.75. The van der Waals surface area contributed by atoms with Crippen LogP contribution in [0.1, 0.15) is 25.3 Å². The summed E-state index contributed by atoms with van der Waals surface area (Å²) in [5, 5.41) is 5.11. The number of halogens is 1. The Bertz CT molecular complexity index is 1070. The number of hydrogen-bond acceptors (Lipinski definition) is 5. The van der Waals surface area contributed by atoms with Crippen LogP contribution in [0.4, 0.5) is 11.4 Å². The molecule has 0 aliphatic carbocycles. The molecule has 0 radical (unpaired) electrons. The zero-order chi connectivity index (χ0) is 21.2. The van der Waals surface area contributed by atoms with E-state index in [1.807, 2.05) is 6.92 Å². The van der Waals surface area contributed by atoms with E-state index in [9.17, 15) is 18.0 Å². The minimum absolute atomic E-state index is 0.0852. The molecule has 2 amide bonds. The van der Waals surface area contributed by atoms with Gasteiger partial charge in [0.05, 0.1) is 15.8 Å². The molecule has 0 fully saturated rings. The maximum absolute atomic E-state index is 13.0. The van der Waals surface area contributed by atoms with E-state index in [-0.39, 0.29) is 17.2 Å². The van der Waals surface area contributed by atoms with Gasteiger partial charge in [0.15, 0.2) is 9.84 Å². The van der Waals surface area contributed by atoms with Crippen molar-refractivity contribution in [1.29, 1.82) is 0 Å². The van der Waals surface area contributed by atoms with Crippen LogP contribution in [0.15, 0.2) is 46.2 Å². The molecule has 2 N–H and O–H groups in total. The Morgan fingerprint density at radius 1 is 1.28 bits per heavy atom. The Morgan fingerprint density at radius 2 is 2.03 bits per heavy atom. The summed E-state index contributed by atoms with van der Waals surface area (Å²) in [4.78, 5) is 25.1. The molecule has 9 heteroatoms. The van der Waals surface area contributed by atoms with Gasteiger partial charge in [-0.15, -0.1) is 11.8 Å². The lowest BCUT2D eigenvalue weighted by Crippen LogP contribution is -2.25. The second-order valence-corrected chi connectivity index (χ2v) is 10.8. The van der Waals surface area contributed by atoms with Gasteiger partial charge in [-0.25, -0.2) is 8.42 Å². The summed E-state index contributed by atoms with van der Waals surface area (Å²) in [6.07, 6.45) is 0.185. The number of carbonyl (C=O) groups is 2. The molecular formula is C20H21ClN2O4S2. The van der Waals surface area contributed by atoms with Gasteiger partial charge in [-0.2, -0.15) is 0 Å². The van der Waals surface area contributed by atoms with Crippen molar-refractivity contribution in [3.8, 4) is 0 Å². The van der Waals surface area contributed by atoms with Crippen molar-refractivity contribution in [2.24, 2.45) is 0 Å². The Morgan fingerprint density at radius 3 is 2.76 bits per heavy atom. The third kappa shape index (κ3) is 5.12. The highest BCUT2D eigenvalue weighted by Gasteiger charge is 2.27. The number of anilines is 2. The minimum Gasteiger partial charge on any atom is -0.326 e. The largest absolute Gasteiger partial charge is 0.326 e. The maximum atomic E-state index is 13.0. The number of nitrogens with one attached hydrogen (secondary N) is 2. The predicted octanol–water partition coefficient (Wildman–Crippen LogP) is 4.27. The van der Waals surface area contributed by atoms with Crippen LogP contribution in [-0.2, 0) is 19.4 Å². The molecule has 3 rings (SSSR count). The highest BCUT2D eigenvalue weighted by atomic mass is 35.5. The second kappa shape index (κ2) is 8.77. The van der Waals surface area contributed by atoms with Crippen molar-refractivity contribution in [2.75, 3.05) is 16.4 Å². The monoisotopic (exact) mass is 452 g/mol. The Kier molecular flexibility index (Phi) is 6.55. The molecule has 29 heavy (non-hydrogen) atoms. The smallest absolute Gasteiger partial charge is 0.225 e. The molecule has 0 aromatic heterocycles. The minimum atomic E-state index is -3.75. The van der Waals surface area contributed by atoms with Gasteiger partial charge in [-0.05, 0) is 55.8 Å². The number of benzene rings is 2. The third-order valence-corrected chi connectivity index (χ3v) is 8.05. The van der Waals surface area contributed by atoms with Gasteiger partial charge < -0.3 is 10.6 Å². The molecule has 0 unspecified atom stereocenters. The number of carbonyl (C=O) groups excluding carboxylic acids is 2. The molecule has 0 spiro atoms. The zero-order valence-electron chi connectivity index (χ0n) is 16.0. The van der Waals surface area contributed by atoms with Crippen molar-refractivity contribution in [1.82, 2.24) is 0 Å². The highest BCUT2D eigenvalue weighted by molar-refractivity contribution is 7.99. The van der Waals surface area contributed by atoms with Crippen molar-refractivity contribution in [3.63, 3.8) is 0 Å². The average molecular weight is 453 g/mol. The summed E-state index contributed by atoms with van der Waals surface area (Å²) in [5.41, 5.74) is 1.88. The average Bonchev–Trinajstić information content (AvgIpc) is 2.83. The molecular weight excluding hydrogens is 432 g/mol. The first kappa shape index (κ1) is 21.7. The van der Waals surface area contributed by atoms with E-state index in [2.05, 4.69) is 10.6 Å². The molecule has 1 atom stereocenters. The first-order valence-electron chi connectivity index (χ1n) is 9.03. The highest BCUT2D eigenvalue weighted by Crippen LogP contribution is 2.33. The molecule has 1 heterocycles. The van der Waals surface area contributed by atoms with E-state index in [0.29, 0.717) is 28.6 Å². The third-order valence-electron chi connectivity index (χ3n) is 4.61. The summed E-state index contributed by atoms with van der Waals surface area (Å²) in [6, 6.07) is 9.75. The lowest BCUT2D eigenvalue weighted by molar-refractivity contribution is -0.116. The molecule has 2 aromatic rings. The van der Waals surface area contributed by atoms with Crippen LogP contribution in [0.25, 0.3) is 0 Å². The van der Waals surface area contributed by atoms with E-state index >= 15 is 0 Å². The molecule has 154 valence electrons. The van der Waals surface area contributed by atoms with E-state index in [0.717, 1.165) is 10.5 Å².